The van der Waals surface area contributed by atoms with Gasteiger partial charge in [-0.05, 0) is 42.9 Å². The van der Waals surface area contributed by atoms with Crippen LogP contribution in [0, 0.1) is 0 Å². The molecule has 2 atom stereocenters. The summed E-state index contributed by atoms with van der Waals surface area (Å²) in [5.41, 5.74) is 6.08. The minimum absolute atomic E-state index is 0.212. The van der Waals surface area contributed by atoms with E-state index in [4.69, 9.17) is 4.99 Å². The van der Waals surface area contributed by atoms with Gasteiger partial charge in [0.2, 0.25) is 0 Å². The highest BCUT2D eigenvalue weighted by atomic mass is 15.2. The first-order valence-corrected chi connectivity index (χ1v) is 8.83. The summed E-state index contributed by atoms with van der Waals surface area (Å²) < 4.78 is 0. The van der Waals surface area contributed by atoms with Crippen molar-refractivity contribution in [2.45, 2.75) is 43.7 Å². The zero-order chi connectivity index (χ0) is 15.3. The maximum absolute atomic E-state index is 4.92. The summed E-state index contributed by atoms with van der Waals surface area (Å²) in [6, 6.07) is 20.6. The molecule has 2 aliphatic heterocycles. The lowest BCUT2D eigenvalue weighted by Gasteiger charge is -2.41. The lowest BCUT2D eigenvalue weighted by molar-refractivity contribution is 0.390. The number of benzene rings is 2. The Morgan fingerprint density at radius 1 is 1.04 bits per heavy atom. The van der Waals surface area contributed by atoms with Crippen molar-refractivity contribution in [3.8, 4) is 0 Å². The van der Waals surface area contributed by atoms with E-state index in [0.717, 1.165) is 13.1 Å². The van der Waals surface area contributed by atoms with Crippen LogP contribution >= 0.6 is 0 Å². The van der Waals surface area contributed by atoms with Crippen molar-refractivity contribution in [1.29, 1.82) is 0 Å². The number of fused-ring (bicyclic) bond motifs is 1. The number of rotatable bonds is 2. The number of anilines is 1. The third-order valence-electron chi connectivity index (χ3n) is 6.05. The second-order valence-electron chi connectivity index (χ2n) is 7.09. The van der Waals surface area contributed by atoms with Crippen LogP contribution in [-0.2, 0) is 12.0 Å². The van der Waals surface area contributed by atoms with Crippen LogP contribution in [0.1, 0.15) is 36.8 Å². The Morgan fingerprint density at radius 2 is 1.87 bits per heavy atom. The predicted octanol–water partition coefficient (Wildman–Crippen LogP) is 4.34. The zero-order valence-electron chi connectivity index (χ0n) is 13.4. The molecule has 0 N–H and O–H groups in total. The summed E-state index contributed by atoms with van der Waals surface area (Å²) in [6.07, 6.45) is 4.98. The molecule has 2 heterocycles. The SMILES string of the molecule is c1ccc(CN2c3ccccc3[C@@]34CCN=C3CCC[C@@H]24)cc1. The number of nitrogens with zero attached hydrogens (tertiary/aromatic N) is 2. The maximum atomic E-state index is 4.92. The lowest BCUT2D eigenvalue weighted by atomic mass is 9.66. The van der Waals surface area contributed by atoms with Gasteiger partial charge in [-0.3, -0.25) is 4.99 Å². The van der Waals surface area contributed by atoms with Crippen LogP contribution in [0.15, 0.2) is 59.6 Å². The Balaban J connectivity index is 1.64. The van der Waals surface area contributed by atoms with E-state index in [0.29, 0.717) is 6.04 Å². The van der Waals surface area contributed by atoms with Gasteiger partial charge >= 0.3 is 0 Å². The molecule has 1 saturated carbocycles. The van der Waals surface area contributed by atoms with Crippen LogP contribution in [-0.4, -0.2) is 18.3 Å². The highest BCUT2D eigenvalue weighted by Gasteiger charge is 2.56. The fraction of sp³-hybridized carbons (Fsp3) is 0.381. The Morgan fingerprint density at radius 3 is 2.78 bits per heavy atom. The van der Waals surface area contributed by atoms with Crippen molar-refractivity contribution in [1.82, 2.24) is 0 Å². The van der Waals surface area contributed by atoms with Crippen molar-refractivity contribution >= 4 is 11.4 Å². The van der Waals surface area contributed by atoms with Crippen molar-refractivity contribution in [2.24, 2.45) is 4.99 Å². The van der Waals surface area contributed by atoms with Gasteiger partial charge in [-0.25, -0.2) is 0 Å². The summed E-state index contributed by atoms with van der Waals surface area (Å²) in [4.78, 5) is 7.59. The second-order valence-corrected chi connectivity index (χ2v) is 7.09. The predicted molar refractivity (Wildman–Crippen MR) is 95.3 cm³/mol. The van der Waals surface area contributed by atoms with Crippen molar-refractivity contribution in [2.75, 3.05) is 11.4 Å². The number of para-hydroxylation sites is 1. The van der Waals surface area contributed by atoms with Gasteiger partial charge in [0.25, 0.3) is 0 Å². The molecule has 1 aliphatic carbocycles. The minimum Gasteiger partial charge on any atom is -0.363 e. The topological polar surface area (TPSA) is 15.6 Å². The lowest BCUT2D eigenvalue weighted by Crippen LogP contribution is -2.50. The molecule has 1 fully saturated rings. The molecule has 5 rings (SSSR count). The van der Waals surface area contributed by atoms with Gasteiger partial charge in [0, 0.05) is 30.5 Å². The van der Waals surface area contributed by atoms with Crippen LogP contribution in [0.5, 0.6) is 0 Å². The van der Waals surface area contributed by atoms with Gasteiger partial charge in [-0.1, -0.05) is 48.5 Å². The highest BCUT2D eigenvalue weighted by Crippen LogP contribution is 2.54. The summed E-state index contributed by atoms with van der Waals surface area (Å²) in [5.74, 6) is 0. The normalized spacial score (nSPS) is 28.1. The summed E-state index contributed by atoms with van der Waals surface area (Å²) >= 11 is 0. The van der Waals surface area contributed by atoms with Gasteiger partial charge in [0.1, 0.15) is 0 Å². The van der Waals surface area contributed by atoms with Crippen LogP contribution in [0.2, 0.25) is 0 Å². The van der Waals surface area contributed by atoms with E-state index < -0.39 is 0 Å². The molecule has 0 amide bonds. The smallest absolute Gasteiger partial charge is 0.0572 e. The molecule has 0 unspecified atom stereocenters. The summed E-state index contributed by atoms with van der Waals surface area (Å²) in [6.45, 7) is 2.02. The first kappa shape index (κ1) is 13.4. The van der Waals surface area contributed by atoms with Gasteiger partial charge in [0.15, 0.2) is 0 Å². The Hall–Kier alpha value is -2.09. The van der Waals surface area contributed by atoms with Gasteiger partial charge in [-0.2, -0.15) is 0 Å². The van der Waals surface area contributed by atoms with E-state index in [1.54, 1.807) is 0 Å². The van der Waals surface area contributed by atoms with Crippen LogP contribution in [0.3, 0.4) is 0 Å². The average molecular weight is 302 g/mol. The minimum atomic E-state index is 0.212. The molecule has 116 valence electrons. The largest absolute Gasteiger partial charge is 0.363 e. The van der Waals surface area contributed by atoms with Gasteiger partial charge in [0.05, 0.1) is 5.41 Å². The Bertz CT molecular complexity index is 764. The van der Waals surface area contributed by atoms with Crippen molar-refractivity contribution < 1.29 is 0 Å². The second kappa shape index (κ2) is 4.95. The molecule has 1 spiro atoms. The Kier molecular flexibility index (Phi) is 2.88. The molecule has 0 radical (unpaired) electrons. The van der Waals surface area contributed by atoms with Gasteiger partial charge < -0.3 is 4.90 Å². The van der Waals surface area contributed by atoms with Crippen LogP contribution in [0.25, 0.3) is 0 Å². The van der Waals surface area contributed by atoms with E-state index in [2.05, 4.69) is 59.5 Å². The molecule has 2 aromatic carbocycles. The third-order valence-corrected chi connectivity index (χ3v) is 6.05. The number of hydrogen-bond donors (Lipinski definition) is 0. The molecular formula is C21H22N2. The van der Waals surface area contributed by atoms with E-state index in [1.807, 2.05) is 0 Å². The van der Waals surface area contributed by atoms with E-state index in [-0.39, 0.29) is 5.41 Å². The number of aliphatic imine (C=N–C) groups is 1. The van der Waals surface area contributed by atoms with E-state index >= 15 is 0 Å². The highest BCUT2D eigenvalue weighted by molar-refractivity contribution is 6.01. The quantitative estimate of drug-likeness (QED) is 0.805. The number of hydrogen-bond acceptors (Lipinski definition) is 2. The van der Waals surface area contributed by atoms with Crippen LogP contribution < -0.4 is 4.90 Å². The van der Waals surface area contributed by atoms with Crippen molar-refractivity contribution in [3.63, 3.8) is 0 Å². The molecular weight excluding hydrogens is 280 g/mol. The Labute approximate surface area is 137 Å². The molecule has 3 aliphatic rings. The molecule has 0 saturated heterocycles. The molecule has 2 aromatic rings. The van der Waals surface area contributed by atoms with Gasteiger partial charge in [-0.15, -0.1) is 0 Å². The molecule has 23 heavy (non-hydrogen) atoms. The summed E-state index contributed by atoms with van der Waals surface area (Å²) in [5, 5.41) is 0. The maximum Gasteiger partial charge on any atom is 0.0572 e. The molecule has 0 bridgehead atoms. The molecule has 2 nitrogen and oxygen atoms in total. The third kappa shape index (κ3) is 1.78. The van der Waals surface area contributed by atoms with E-state index in [9.17, 15) is 0 Å². The first-order chi connectivity index (χ1) is 11.4. The zero-order valence-corrected chi connectivity index (χ0v) is 13.4. The summed E-state index contributed by atoms with van der Waals surface area (Å²) in [7, 11) is 0. The van der Waals surface area contributed by atoms with Crippen molar-refractivity contribution in [3.05, 3.63) is 65.7 Å². The molecule has 2 heteroatoms. The first-order valence-electron chi connectivity index (χ1n) is 8.83. The van der Waals surface area contributed by atoms with E-state index in [1.165, 1.54) is 48.2 Å². The fourth-order valence-electron chi connectivity index (χ4n) is 5.16. The monoisotopic (exact) mass is 302 g/mol. The standard InChI is InChI=1S/C21H22N2/c1-2-7-16(8-3-1)15-23-18-10-5-4-9-17(18)21-13-14-22-19(21)11-6-12-20(21)23/h1-5,7-10,20H,6,11-15H2/t20-,21+/m1/s1. The fourth-order valence-corrected chi connectivity index (χ4v) is 5.16. The van der Waals surface area contributed by atoms with Crippen LogP contribution in [0.4, 0.5) is 5.69 Å². The average Bonchev–Trinajstić information content (AvgIpc) is 3.16. The molecule has 0 aromatic heterocycles.